The Balaban J connectivity index is 2.30. The number of amides is 2. The van der Waals surface area contributed by atoms with E-state index in [1.165, 1.54) is 19.1 Å². The summed E-state index contributed by atoms with van der Waals surface area (Å²) in [5, 5.41) is 0. The van der Waals surface area contributed by atoms with Crippen LogP contribution in [0.15, 0.2) is 18.2 Å². The molecule has 1 aliphatic heterocycles. The topological polar surface area (TPSA) is 81.9 Å². The number of likely N-dealkylation sites (tertiary alicyclic amines) is 1. The van der Waals surface area contributed by atoms with Crippen LogP contribution in [0.2, 0.25) is 0 Å². The molecule has 6 nitrogen and oxygen atoms in total. The van der Waals surface area contributed by atoms with Crippen molar-refractivity contribution in [1.82, 2.24) is 4.90 Å². The van der Waals surface area contributed by atoms with Gasteiger partial charge >= 0.3 is 0 Å². The molecule has 0 aromatic heterocycles. The molecule has 1 heterocycles. The zero-order chi connectivity index (χ0) is 14.7. The van der Waals surface area contributed by atoms with Crippen molar-refractivity contribution in [1.29, 1.82) is 0 Å². The van der Waals surface area contributed by atoms with Gasteiger partial charge in [-0.2, -0.15) is 0 Å². The molecule has 0 unspecified atom stereocenters. The summed E-state index contributed by atoms with van der Waals surface area (Å²) in [6.07, 6.45) is 1.39. The molecule has 20 heavy (non-hydrogen) atoms. The lowest BCUT2D eigenvalue weighted by Crippen LogP contribution is -2.43. The highest BCUT2D eigenvalue weighted by Gasteiger charge is 2.33. The summed E-state index contributed by atoms with van der Waals surface area (Å²) >= 11 is 0. The summed E-state index contributed by atoms with van der Waals surface area (Å²) in [6, 6.07) is 4.41. The van der Waals surface area contributed by atoms with E-state index in [4.69, 9.17) is 15.2 Å². The molecule has 1 aromatic carbocycles. The van der Waals surface area contributed by atoms with Gasteiger partial charge in [0.1, 0.15) is 17.5 Å². The molecule has 0 spiro atoms. The molecular formula is C14H18N2O4. The molecule has 1 atom stereocenters. The Kier molecular flexibility index (Phi) is 4.12. The van der Waals surface area contributed by atoms with Crippen LogP contribution in [0.4, 0.5) is 0 Å². The van der Waals surface area contributed by atoms with Crippen LogP contribution in [0.5, 0.6) is 11.5 Å². The number of nitrogens with zero attached hydrogens (tertiary/aromatic N) is 1. The van der Waals surface area contributed by atoms with Crippen molar-refractivity contribution in [2.24, 2.45) is 5.73 Å². The molecule has 0 radical (unpaired) electrons. The van der Waals surface area contributed by atoms with Crippen molar-refractivity contribution >= 4 is 11.8 Å². The monoisotopic (exact) mass is 278 g/mol. The Bertz CT molecular complexity index is 508. The lowest BCUT2D eigenvalue weighted by atomic mass is 10.1. The van der Waals surface area contributed by atoms with Crippen molar-refractivity contribution < 1.29 is 19.1 Å². The Morgan fingerprint density at radius 2 is 1.80 bits per heavy atom. The van der Waals surface area contributed by atoms with Crippen LogP contribution in [-0.2, 0) is 4.79 Å². The van der Waals surface area contributed by atoms with Gasteiger partial charge < -0.3 is 20.1 Å². The van der Waals surface area contributed by atoms with E-state index in [9.17, 15) is 9.59 Å². The summed E-state index contributed by atoms with van der Waals surface area (Å²) in [6.45, 7) is 0.534. The minimum Gasteiger partial charge on any atom is -0.497 e. The summed E-state index contributed by atoms with van der Waals surface area (Å²) in [7, 11) is 3.04. The number of ether oxygens (including phenoxy) is 2. The molecule has 6 heteroatoms. The molecule has 1 aliphatic rings. The maximum Gasteiger partial charge on any atom is 0.254 e. The summed E-state index contributed by atoms with van der Waals surface area (Å²) in [5.74, 6) is 0.360. The van der Waals surface area contributed by atoms with Gasteiger partial charge in [-0.15, -0.1) is 0 Å². The fraction of sp³-hybridized carbons (Fsp3) is 0.429. The van der Waals surface area contributed by atoms with Crippen LogP contribution in [0.1, 0.15) is 23.2 Å². The van der Waals surface area contributed by atoms with Crippen molar-refractivity contribution in [3.8, 4) is 11.5 Å². The molecule has 108 valence electrons. The number of carbonyl (C=O) groups is 2. The van der Waals surface area contributed by atoms with Gasteiger partial charge in [-0.25, -0.2) is 0 Å². The fourth-order valence-corrected chi connectivity index (χ4v) is 2.40. The average molecular weight is 278 g/mol. The second-order valence-electron chi connectivity index (χ2n) is 4.66. The van der Waals surface area contributed by atoms with Gasteiger partial charge in [-0.1, -0.05) is 0 Å². The quantitative estimate of drug-likeness (QED) is 0.883. The highest BCUT2D eigenvalue weighted by molar-refractivity contribution is 5.98. The van der Waals surface area contributed by atoms with Gasteiger partial charge in [0.2, 0.25) is 5.91 Å². The summed E-state index contributed by atoms with van der Waals surface area (Å²) in [5.41, 5.74) is 5.76. The third-order valence-electron chi connectivity index (χ3n) is 3.44. The lowest BCUT2D eigenvalue weighted by Gasteiger charge is -2.22. The number of hydrogen-bond donors (Lipinski definition) is 1. The predicted octanol–water partition coefficient (Wildman–Crippen LogP) is 0.794. The Morgan fingerprint density at radius 3 is 2.30 bits per heavy atom. The van der Waals surface area contributed by atoms with E-state index in [-0.39, 0.29) is 5.91 Å². The van der Waals surface area contributed by atoms with Crippen molar-refractivity contribution in [3.63, 3.8) is 0 Å². The minimum atomic E-state index is -0.528. The zero-order valence-electron chi connectivity index (χ0n) is 11.6. The van der Waals surface area contributed by atoms with E-state index in [1.807, 2.05) is 0 Å². The van der Waals surface area contributed by atoms with E-state index in [0.717, 1.165) is 6.42 Å². The predicted molar refractivity (Wildman–Crippen MR) is 72.8 cm³/mol. The van der Waals surface area contributed by atoms with Gasteiger partial charge in [0.15, 0.2) is 0 Å². The van der Waals surface area contributed by atoms with Crippen LogP contribution in [-0.4, -0.2) is 43.5 Å². The van der Waals surface area contributed by atoms with E-state index < -0.39 is 11.9 Å². The van der Waals surface area contributed by atoms with Gasteiger partial charge in [-0.05, 0) is 25.0 Å². The first-order valence-corrected chi connectivity index (χ1v) is 6.40. The maximum atomic E-state index is 12.5. The molecule has 1 saturated heterocycles. The number of primary amides is 1. The number of rotatable bonds is 4. The Labute approximate surface area is 117 Å². The van der Waals surface area contributed by atoms with Crippen LogP contribution in [0, 0.1) is 0 Å². The lowest BCUT2D eigenvalue weighted by molar-refractivity contribution is -0.121. The van der Waals surface area contributed by atoms with Crippen LogP contribution >= 0.6 is 0 Å². The third-order valence-corrected chi connectivity index (χ3v) is 3.44. The Morgan fingerprint density at radius 1 is 1.20 bits per heavy atom. The number of hydrogen-bond acceptors (Lipinski definition) is 4. The van der Waals surface area contributed by atoms with E-state index >= 15 is 0 Å². The molecule has 0 bridgehead atoms. The first-order chi connectivity index (χ1) is 9.56. The number of nitrogens with two attached hydrogens (primary N) is 1. The second-order valence-corrected chi connectivity index (χ2v) is 4.66. The smallest absolute Gasteiger partial charge is 0.254 e. The van der Waals surface area contributed by atoms with E-state index in [0.29, 0.717) is 30.0 Å². The highest BCUT2D eigenvalue weighted by atomic mass is 16.5. The maximum absolute atomic E-state index is 12.5. The van der Waals surface area contributed by atoms with Crippen LogP contribution < -0.4 is 15.2 Å². The van der Waals surface area contributed by atoms with Crippen LogP contribution in [0.25, 0.3) is 0 Å². The van der Waals surface area contributed by atoms with E-state index in [2.05, 4.69) is 0 Å². The number of carbonyl (C=O) groups excluding carboxylic acids is 2. The number of benzene rings is 1. The van der Waals surface area contributed by atoms with Gasteiger partial charge in [-0.3, -0.25) is 9.59 Å². The first kappa shape index (κ1) is 14.2. The molecule has 2 N–H and O–H groups in total. The van der Waals surface area contributed by atoms with Crippen molar-refractivity contribution in [3.05, 3.63) is 23.8 Å². The summed E-state index contributed by atoms with van der Waals surface area (Å²) < 4.78 is 10.3. The van der Waals surface area contributed by atoms with Gasteiger partial charge in [0, 0.05) is 18.2 Å². The zero-order valence-corrected chi connectivity index (χ0v) is 11.6. The van der Waals surface area contributed by atoms with Crippen molar-refractivity contribution in [2.45, 2.75) is 18.9 Å². The standard InChI is InChI=1S/C14H18N2O4/c1-19-10-6-9(7-11(8-10)20-2)14(18)16-5-3-4-12(16)13(15)17/h6-8,12H,3-5H2,1-2H3,(H2,15,17)/t12-/m0/s1. The van der Waals surface area contributed by atoms with E-state index in [1.54, 1.807) is 18.2 Å². The molecule has 0 saturated carbocycles. The first-order valence-electron chi connectivity index (χ1n) is 6.40. The normalized spacial score (nSPS) is 17.9. The van der Waals surface area contributed by atoms with Crippen LogP contribution in [0.3, 0.4) is 0 Å². The van der Waals surface area contributed by atoms with Gasteiger partial charge in [0.25, 0.3) is 5.91 Å². The molecule has 1 aromatic rings. The molecule has 1 fully saturated rings. The third kappa shape index (κ3) is 2.68. The molecule has 0 aliphatic carbocycles. The average Bonchev–Trinajstić information content (AvgIpc) is 2.95. The minimum absolute atomic E-state index is 0.233. The van der Waals surface area contributed by atoms with Gasteiger partial charge in [0.05, 0.1) is 14.2 Å². The Hall–Kier alpha value is -2.24. The largest absolute Gasteiger partial charge is 0.497 e. The second kappa shape index (κ2) is 5.81. The number of methoxy groups -OCH3 is 2. The molecule has 2 amide bonds. The highest BCUT2D eigenvalue weighted by Crippen LogP contribution is 2.26. The molecular weight excluding hydrogens is 260 g/mol. The van der Waals surface area contributed by atoms with Crippen molar-refractivity contribution in [2.75, 3.05) is 20.8 Å². The summed E-state index contributed by atoms with van der Waals surface area (Å²) in [4.78, 5) is 25.4. The fourth-order valence-electron chi connectivity index (χ4n) is 2.40. The molecule has 2 rings (SSSR count). The SMILES string of the molecule is COc1cc(OC)cc(C(=O)N2CCC[C@H]2C(N)=O)c1.